The number of rotatable bonds is 8. The SMILES string of the molecule is CSCCCCCNc1ccc(C)c([N+](=O)[O-])c1. The maximum atomic E-state index is 10.8. The lowest BCUT2D eigenvalue weighted by Crippen LogP contribution is -2.02. The maximum absolute atomic E-state index is 10.8. The van der Waals surface area contributed by atoms with Crippen LogP contribution in [0.3, 0.4) is 0 Å². The Hall–Kier alpha value is -1.23. The molecule has 0 fully saturated rings. The average Bonchev–Trinajstić information content (AvgIpc) is 2.35. The monoisotopic (exact) mass is 268 g/mol. The van der Waals surface area contributed by atoms with Gasteiger partial charge in [0.25, 0.3) is 5.69 Å². The van der Waals surface area contributed by atoms with Crippen LogP contribution in [0, 0.1) is 17.0 Å². The number of aryl methyl sites for hydroxylation is 1. The van der Waals surface area contributed by atoms with Gasteiger partial charge in [0.1, 0.15) is 0 Å². The highest BCUT2D eigenvalue weighted by atomic mass is 32.2. The van der Waals surface area contributed by atoms with Crippen LogP contribution in [-0.2, 0) is 0 Å². The molecule has 0 aliphatic carbocycles. The Morgan fingerprint density at radius 3 is 2.78 bits per heavy atom. The Bertz CT molecular complexity index is 397. The third-order valence-corrected chi connectivity index (χ3v) is 3.46. The molecule has 0 aliphatic rings. The molecule has 0 unspecified atom stereocenters. The molecule has 0 bridgehead atoms. The molecule has 0 spiro atoms. The van der Waals surface area contributed by atoms with Gasteiger partial charge in [0.15, 0.2) is 0 Å². The number of unbranched alkanes of at least 4 members (excludes halogenated alkanes) is 2. The summed E-state index contributed by atoms with van der Waals surface area (Å²) < 4.78 is 0. The van der Waals surface area contributed by atoms with Gasteiger partial charge in [-0.25, -0.2) is 0 Å². The van der Waals surface area contributed by atoms with Gasteiger partial charge in [0, 0.05) is 23.9 Å². The molecule has 0 atom stereocenters. The minimum Gasteiger partial charge on any atom is -0.385 e. The van der Waals surface area contributed by atoms with Crippen LogP contribution in [0.2, 0.25) is 0 Å². The zero-order chi connectivity index (χ0) is 13.4. The third-order valence-electron chi connectivity index (χ3n) is 2.76. The van der Waals surface area contributed by atoms with E-state index in [9.17, 15) is 10.1 Å². The topological polar surface area (TPSA) is 55.2 Å². The zero-order valence-electron chi connectivity index (χ0n) is 10.9. The Kier molecular flexibility index (Phi) is 6.57. The molecular weight excluding hydrogens is 248 g/mol. The van der Waals surface area contributed by atoms with Crippen molar-refractivity contribution in [2.45, 2.75) is 26.2 Å². The van der Waals surface area contributed by atoms with E-state index in [1.54, 1.807) is 19.1 Å². The molecule has 0 saturated carbocycles. The van der Waals surface area contributed by atoms with Crippen LogP contribution in [0.15, 0.2) is 18.2 Å². The van der Waals surface area contributed by atoms with Gasteiger partial charge in [-0.05, 0) is 37.8 Å². The van der Waals surface area contributed by atoms with Crippen molar-refractivity contribution in [3.63, 3.8) is 0 Å². The third kappa shape index (κ3) is 4.96. The highest BCUT2D eigenvalue weighted by Crippen LogP contribution is 2.22. The van der Waals surface area contributed by atoms with E-state index in [2.05, 4.69) is 11.6 Å². The van der Waals surface area contributed by atoms with Crippen LogP contribution in [0.25, 0.3) is 0 Å². The molecule has 0 saturated heterocycles. The van der Waals surface area contributed by atoms with E-state index in [4.69, 9.17) is 0 Å². The van der Waals surface area contributed by atoms with Crippen LogP contribution in [0.5, 0.6) is 0 Å². The number of nitro benzene ring substituents is 1. The molecule has 1 aromatic carbocycles. The summed E-state index contributed by atoms with van der Waals surface area (Å²) in [6.07, 6.45) is 5.64. The smallest absolute Gasteiger partial charge is 0.274 e. The Labute approximate surface area is 112 Å². The van der Waals surface area contributed by atoms with Crippen LogP contribution in [-0.4, -0.2) is 23.5 Å². The fourth-order valence-electron chi connectivity index (χ4n) is 1.70. The van der Waals surface area contributed by atoms with Gasteiger partial charge in [0.2, 0.25) is 0 Å². The highest BCUT2D eigenvalue weighted by Gasteiger charge is 2.10. The Morgan fingerprint density at radius 2 is 2.11 bits per heavy atom. The maximum Gasteiger partial charge on any atom is 0.274 e. The molecule has 0 aliphatic heterocycles. The lowest BCUT2D eigenvalue weighted by molar-refractivity contribution is -0.385. The first-order valence-corrected chi connectivity index (χ1v) is 7.52. The minimum absolute atomic E-state index is 0.183. The summed E-state index contributed by atoms with van der Waals surface area (Å²) in [5.41, 5.74) is 1.71. The number of nitro groups is 1. The van der Waals surface area contributed by atoms with E-state index in [0.29, 0.717) is 5.56 Å². The highest BCUT2D eigenvalue weighted by molar-refractivity contribution is 7.98. The zero-order valence-corrected chi connectivity index (χ0v) is 11.8. The molecule has 18 heavy (non-hydrogen) atoms. The molecule has 5 heteroatoms. The molecule has 1 N–H and O–H groups in total. The van der Waals surface area contributed by atoms with Crippen LogP contribution >= 0.6 is 11.8 Å². The first-order chi connectivity index (χ1) is 8.65. The van der Waals surface area contributed by atoms with E-state index < -0.39 is 0 Å². The van der Waals surface area contributed by atoms with Crippen molar-refractivity contribution < 1.29 is 4.92 Å². The van der Waals surface area contributed by atoms with Gasteiger partial charge < -0.3 is 5.32 Å². The molecule has 0 heterocycles. The molecule has 1 aromatic rings. The lowest BCUT2D eigenvalue weighted by atomic mass is 10.2. The molecule has 1 rings (SSSR count). The van der Waals surface area contributed by atoms with Crippen molar-refractivity contribution in [3.05, 3.63) is 33.9 Å². The molecule has 0 radical (unpaired) electrons. The Balaban J connectivity index is 2.38. The number of hydrogen-bond acceptors (Lipinski definition) is 4. The first kappa shape index (κ1) is 14.8. The number of nitrogens with one attached hydrogen (secondary N) is 1. The van der Waals surface area contributed by atoms with Crippen molar-refractivity contribution in [1.82, 2.24) is 0 Å². The number of benzene rings is 1. The van der Waals surface area contributed by atoms with Crippen molar-refractivity contribution in [1.29, 1.82) is 0 Å². The lowest BCUT2D eigenvalue weighted by Gasteiger charge is -2.07. The summed E-state index contributed by atoms with van der Waals surface area (Å²) in [4.78, 5) is 10.5. The molecule has 0 amide bonds. The van der Waals surface area contributed by atoms with Gasteiger partial charge >= 0.3 is 0 Å². The van der Waals surface area contributed by atoms with E-state index in [0.717, 1.165) is 18.7 Å². The summed E-state index contributed by atoms with van der Waals surface area (Å²) in [7, 11) is 0. The molecule has 0 aromatic heterocycles. The summed E-state index contributed by atoms with van der Waals surface area (Å²) >= 11 is 1.87. The average molecular weight is 268 g/mol. The van der Waals surface area contributed by atoms with Crippen molar-refractivity contribution in [2.24, 2.45) is 0 Å². The fraction of sp³-hybridized carbons (Fsp3) is 0.538. The minimum atomic E-state index is -0.334. The van der Waals surface area contributed by atoms with Crippen molar-refractivity contribution in [2.75, 3.05) is 23.9 Å². The summed E-state index contributed by atoms with van der Waals surface area (Å²) in [5, 5.41) is 14.0. The van der Waals surface area contributed by atoms with E-state index in [-0.39, 0.29) is 10.6 Å². The van der Waals surface area contributed by atoms with Gasteiger partial charge in [-0.2, -0.15) is 11.8 Å². The number of anilines is 1. The predicted octanol–water partition coefficient (Wildman–Crippen LogP) is 3.85. The van der Waals surface area contributed by atoms with Crippen LogP contribution in [0.1, 0.15) is 24.8 Å². The molecule has 4 nitrogen and oxygen atoms in total. The van der Waals surface area contributed by atoms with Crippen molar-refractivity contribution >= 4 is 23.1 Å². The van der Waals surface area contributed by atoms with E-state index in [1.807, 2.05) is 17.8 Å². The van der Waals surface area contributed by atoms with Crippen LogP contribution < -0.4 is 5.32 Å². The first-order valence-electron chi connectivity index (χ1n) is 6.13. The largest absolute Gasteiger partial charge is 0.385 e. The quantitative estimate of drug-likeness (QED) is 0.442. The predicted molar refractivity (Wildman–Crippen MR) is 78.6 cm³/mol. The molecular formula is C13H20N2O2S. The standard InChI is InChI=1S/C13H20N2O2S/c1-11-6-7-12(10-13(11)15(16)17)14-8-4-3-5-9-18-2/h6-7,10,14H,3-5,8-9H2,1-2H3. The second-order valence-electron chi connectivity index (χ2n) is 4.24. The number of nitrogens with zero attached hydrogens (tertiary/aromatic N) is 1. The second-order valence-corrected chi connectivity index (χ2v) is 5.22. The fourth-order valence-corrected chi connectivity index (χ4v) is 2.19. The molecule has 100 valence electrons. The summed E-state index contributed by atoms with van der Waals surface area (Å²) in [5.74, 6) is 1.20. The Morgan fingerprint density at radius 1 is 1.33 bits per heavy atom. The van der Waals surface area contributed by atoms with E-state index in [1.165, 1.54) is 18.6 Å². The van der Waals surface area contributed by atoms with Gasteiger partial charge in [-0.1, -0.05) is 12.5 Å². The number of thioether (sulfide) groups is 1. The normalized spacial score (nSPS) is 10.3. The second kappa shape index (κ2) is 7.97. The van der Waals surface area contributed by atoms with Gasteiger partial charge in [-0.3, -0.25) is 10.1 Å². The van der Waals surface area contributed by atoms with Crippen LogP contribution in [0.4, 0.5) is 11.4 Å². The summed E-state index contributed by atoms with van der Waals surface area (Å²) in [6.45, 7) is 2.62. The van der Waals surface area contributed by atoms with E-state index >= 15 is 0 Å². The number of hydrogen-bond donors (Lipinski definition) is 1. The van der Waals surface area contributed by atoms with Crippen molar-refractivity contribution in [3.8, 4) is 0 Å². The van der Waals surface area contributed by atoms with Gasteiger partial charge in [-0.15, -0.1) is 0 Å². The van der Waals surface area contributed by atoms with Gasteiger partial charge in [0.05, 0.1) is 4.92 Å². The summed E-state index contributed by atoms with van der Waals surface area (Å²) in [6, 6.07) is 5.29.